The van der Waals surface area contributed by atoms with Crippen molar-refractivity contribution in [2.24, 2.45) is 0 Å². The molecule has 0 saturated carbocycles. The van der Waals surface area contributed by atoms with Crippen molar-refractivity contribution in [3.63, 3.8) is 0 Å². The molecule has 0 rings (SSSR count). The lowest BCUT2D eigenvalue weighted by Gasteiger charge is -2.37. The molecule has 202 valence electrons. The van der Waals surface area contributed by atoms with Crippen molar-refractivity contribution in [2.75, 3.05) is 0 Å². The Morgan fingerprint density at radius 1 is 0.294 bits per heavy atom. The summed E-state index contributed by atoms with van der Waals surface area (Å²) in [5, 5.41) is -13.5. The molecule has 0 nitrogen and oxygen atoms in total. The molecule has 0 radical (unpaired) electrons. The van der Waals surface area contributed by atoms with E-state index in [1.165, 1.54) is 0 Å². The summed E-state index contributed by atoms with van der Waals surface area (Å²) in [5.74, 6) is -65.1. The van der Waals surface area contributed by atoms with E-state index in [2.05, 4.69) is 23.2 Å². The summed E-state index contributed by atoms with van der Waals surface area (Å²) in [7, 11) is 0. The molecule has 0 unspecified atom stereocenters. The lowest BCUT2D eigenvalue weighted by atomic mass is 9.96. The molecule has 0 amide bonds. The standard InChI is InChI=1S/C12Cl2F20/c13-11(31,32)9(27,28)7(23,24)5(19,20)3(15,16)1-2-4(17,18)6(21,22)8(25,26)10(29,30)12(14,33)34. The summed E-state index contributed by atoms with van der Waals surface area (Å²) in [6.45, 7) is 0. The zero-order valence-corrected chi connectivity index (χ0v) is 15.8. The van der Waals surface area contributed by atoms with Crippen molar-refractivity contribution < 1.29 is 87.8 Å². The van der Waals surface area contributed by atoms with Crippen LogP contribution in [0.4, 0.5) is 87.8 Å². The average molecular weight is 595 g/mol. The summed E-state index contributed by atoms with van der Waals surface area (Å²) >= 11 is 6.76. The van der Waals surface area contributed by atoms with Crippen LogP contribution >= 0.6 is 23.2 Å². The first-order valence-corrected chi connectivity index (χ1v) is 7.66. The summed E-state index contributed by atoms with van der Waals surface area (Å²) < 4.78 is 258. The summed E-state index contributed by atoms with van der Waals surface area (Å²) in [6.07, 6.45) is 0. The molecule has 22 heteroatoms. The zero-order valence-electron chi connectivity index (χ0n) is 14.3. The molecule has 0 aliphatic carbocycles. The first-order chi connectivity index (χ1) is 14.2. The molecule has 0 atom stereocenters. The predicted octanol–water partition coefficient (Wildman–Crippen LogP) is 7.74. The van der Waals surface area contributed by atoms with Gasteiger partial charge in [-0.15, -0.1) is 0 Å². The molecule has 0 aromatic heterocycles. The van der Waals surface area contributed by atoms with Gasteiger partial charge in [0.05, 0.1) is 0 Å². The van der Waals surface area contributed by atoms with Gasteiger partial charge < -0.3 is 0 Å². The number of rotatable bonds is 8. The minimum absolute atomic E-state index is 1.33. The number of hydrogen-bond donors (Lipinski definition) is 0. The lowest BCUT2D eigenvalue weighted by molar-refractivity contribution is -0.381. The fourth-order valence-corrected chi connectivity index (χ4v) is 1.70. The lowest BCUT2D eigenvalue weighted by Crippen LogP contribution is -2.66. The average Bonchev–Trinajstić information content (AvgIpc) is 2.57. The molecule has 0 fully saturated rings. The minimum atomic E-state index is -8.04. The van der Waals surface area contributed by atoms with Crippen LogP contribution in [0.15, 0.2) is 0 Å². The van der Waals surface area contributed by atoms with Gasteiger partial charge in [0.2, 0.25) is 0 Å². The Bertz CT molecular complexity index is 753. The number of halogens is 22. The molecule has 0 heterocycles. The minimum Gasteiger partial charge on any atom is -0.192 e. The molecule has 0 aliphatic heterocycles. The quantitative estimate of drug-likeness (QED) is 0.153. The molecular formula is C12Cl2F20. The van der Waals surface area contributed by atoms with Crippen LogP contribution in [-0.2, 0) is 0 Å². The first-order valence-electron chi connectivity index (χ1n) is 6.91. The maximum atomic E-state index is 13.2. The van der Waals surface area contributed by atoms with Crippen molar-refractivity contribution in [3.05, 3.63) is 0 Å². The predicted molar refractivity (Wildman–Crippen MR) is 69.0 cm³/mol. The van der Waals surface area contributed by atoms with E-state index in [1.807, 2.05) is 0 Å². The fraction of sp³-hybridized carbons (Fsp3) is 0.833. The maximum Gasteiger partial charge on any atom is 0.393 e. The highest BCUT2D eigenvalue weighted by atomic mass is 35.5. The normalized spacial score (nSPS) is 16.3. The van der Waals surface area contributed by atoms with Gasteiger partial charge in [0.25, 0.3) is 0 Å². The van der Waals surface area contributed by atoms with Gasteiger partial charge in [0.15, 0.2) is 0 Å². The van der Waals surface area contributed by atoms with Gasteiger partial charge in [-0.25, -0.2) is 0 Å². The van der Waals surface area contributed by atoms with Crippen molar-refractivity contribution in [3.8, 4) is 11.8 Å². The molecule has 0 aromatic rings. The second-order valence-electron chi connectivity index (χ2n) is 5.84. The largest absolute Gasteiger partial charge is 0.393 e. The van der Waals surface area contributed by atoms with E-state index in [0.717, 1.165) is 0 Å². The van der Waals surface area contributed by atoms with Crippen LogP contribution in [0.2, 0.25) is 0 Å². The van der Waals surface area contributed by atoms with Crippen LogP contribution in [0.5, 0.6) is 0 Å². The van der Waals surface area contributed by atoms with E-state index in [4.69, 9.17) is 0 Å². The molecule has 0 aromatic carbocycles. The van der Waals surface area contributed by atoms with Crippen molar-refractivity contribution in [2.45, 2.75) is 58.1 Å². The summed E-state index contributed by atoms with van der Waals surface area (Å²) in [5.41, 5.74) is 0. The highest BCUT2D eigenvalue weighted by Gasteiger charge is 2.88. The van der Waals surface area contributed by atoms with Crippen LogP contribution in [0, 0.1) is 11.8 Å². The second kappa shape index (κ2) is 8.13. The second-order valence-corrected chi connectivity index (χ2v) is 6.79. The Kier molecular flexibility index (Phi) is 7.83. The SMILES string of the molecule is FC(F)(Cl)C(F)(F)C(F)(F)C(F)(F)C(F)(F)C#CC(F)(F)C(F)(F)C(F)(F)C(F)(F)C(F)(F)Cl. The topological polar surface area (TPSA) is 0 Å². The van der Waals surface area contributed by atoms with Gasteiger partial charge in [0.1, 0.15) is 0 Å². The smallest absolute Gasteiger partial charge is 0.192 e. The maximum absolute atomic E-state index is 13.2. The zero-order chi connectivity index (χ0) is 28.4. The Morgan fingerprint density at radius 3 is 0.618 bits per heavy atom. The molecule has 0 spiro atoms. The van der Waals surface area contributed by atoms with Gasteiger partial charge in [-0.3, -0.25) is 0 Å². The summed E-state index contributed by atoms with van der Waals surface area (Å²) in [6, 6.07) is 0. The van der Waals surface area contributed by atoms with Crippen LogP contribution in [0.25, 0.3) is 0 Å². The molecule has 0 aliphatic rings. The van der Waals surface area contributed by atoms with Crippen molar-refractivity contribution in [1.29, 1.82) is 0 Å². The van der Waals surface area contributed by atoms with E-state index in [-0.39, 0.29) is 0 Å². The molecule has 0 saturated heterocycles. The van der Waals surface area contributed by atoms with Crippen LogP contribution in [-0.4, -0.2) is 58.1 Å². The Morgan fingerprint density at radius 2 is 0.471 bits per heavy atom. The van der Waals surface area contributed by atoms with Crippen molar-refractivity contribution >= 4 is 23.2 Å². The van der Waals surface area contributed by atoms with Gasteiger partial charge >= 0.3 is 58.1 Å². The van der Waals surface area contributed by atoms with Gasteiger partial charge in [-0.2, -0.15) is 87.8 Å². The number of hydrogen-bond acceptors (Lipinski definition) is 0. The van der Waals surface area contributed by atoms with Gasteiger partial charge in [0, 0.05) is 0 Å². The molecule has 34 heavy (non-hydrogen) atoms. The highest BCUT2D eigenvalue weighted by Crippen LogP contribution is 2.59. The molecule has 0 bridgehead atoms. The van der Waals surface area contributed by atoms with E-state index < -0.39 is 70.0 Å². The highest BCUT2D eigenvalue weighted by molar-refractivity contribution is 6.22. The van der Waals surface area contributed by atoms with Crippen LogP contribution in [0.3, 0.4) is 0 Å². The first kappa shape index (κ1) is 32.7. The van der Waals surface area contributed by atoms with E-state index in [0.29, 0.717) is 0 Å². The third kappa shape index (κ3) is 4.50. The molecule has 0 N–H and O–H groups in total. The third-order valence-electron chi connectivity index (χ3n) is 3.45. The van der Waals surface area contributed by atoms with Crippen molar-refractivity contribution in [1.82, 2.24) is 0 Å². The summed E-state index contributed by atoms with van der Waals surface area (Å²) in [4.78, 5) is 0. The molecular weight excluding hydrogens is 595 g/mol. The van der Waals surface area contributed by atoms with Crippen LogP contribution < -0.4 is 0 Å². The Labute approximate surface area is 182 Å². The van der Waals surface area contributed by atoms with Gasteiger partial charge in [-0.1, -0.05) is 0 Å². The van der Waals surface area contributed by atoms with Gasteiger partial charge in [-0.05, 0) is 35.0 Å². The Hall–Kier alpha value is -1.26. The third-order valence-corrected chi connectivity index (χ3v) is 3.93. The Balaban J connectivity index is 6.69. The van der Waals surface area contributed by atoms with E-state index in [1.54, 1.807) is 0 Å². The number of alkyl halides is 22. The van der Waals surface area contributed by atoms with E-state index in [9.17, 15) is 87.8 Å². The van der Waals surface area contributed by atoms with E-state index >= 15 is 0 Å². The fourth-order valence-electron chi connectivity index (χ4n) is 1.46. The van der Waals surface area contributed by atoms with Crippen LogP contribution in [0.1, 0.15) is 0 Å². The monoisotopic (exact) mass is 594 g/mol.